The molecule has 0 spiro atoms. The Hall–Kier alpha value is -3.11. The number of nitrogens with one attached hydrogen (secondary N) is 1. The molecule has 2 fully saturated rings. The van der Waals surface area contributed by atoms with E-state index in [9.17, 15) is 4.79 Å². The molecular formula is C31H36N2O2. The van der Waals surface area contributed by atoms with Crippen molar-refractivity contribution >= 4 is 5.91 Å². The number of methoxy groups -OCH3 is 1. The van der Waals surface area contributed by atoms with Gasteiger partial charge in [0, 0.05) is 19.1 Å². The Labute approximate surface area is 209 Å². The Balaban J connectivity index is 1.46. The fourth-order valence-corrected chi connectivity index (χ4v) is 5.42. The largest absolute Gasteiger partial charge is 0.497 e. The van der Waals surface area contributed by atoms with Crippen molar-refractivity contribution in [2.24, 2.45) is 5.92 Å². The molecule has 0 radical (unpaired) electrons. The van der Waals surface area contributed by atoms with Gasteiger partial charge >= 0.3 is 0 Å². The molecule has 1 heterocycles. The summed E-state index contributed by atoms with van der Waals surface area (Å²) in [6.07, 6.45) is 3.16. The van der Waals surface area contributed by atoms with Crippen molar-refractivity contribution in [3.8, 4) is 16.9 Å². The summed E-state index contributed by atoms with van der Waals surface area (Å²) in [7, 11) is 1.72. The lowest BCUT2D eigenvalue weighted by Gasteiger charge is -2.36. The normalized spacial score (nSPS) is 19.9. The summed E-state index contributed by atoms with van der Waals surface area (Å²) in [5.74, 6) is 1.22. The Bertz CT molecular complexity index is 1190. The standard InChI is InChI=1S/C31H36N2O2/c1-21-8-7-11-24(22(21)2)20-33(27-12-13-27)31(34)30-19-32-15-14-29(30)26-16-25(17-28(18-26)35-3)23-9-5-4-6-10-23/h4-11,16-18,27,29-30,32H,12-15,19-20H2,1-3H3/t29-,30+/m1/s1. The lowest BCUT2D eigenvalue weighted by atomic mass is 9.79. The van der Waals surface area contributed by atoms with Gasteiger partial charge in [-0.05, 0) is 91.1 Å². The number of benzene rings is 3. The van der Waals surface area contributed by atoms with Crippen molar-refractivity contribution in [3.63, 3.8) is 0 Å². The van der Waals surface area contributed by atoms with Gasteiger partial charge in [-0.25, -0.2) is 0 Å². The van der Waals surface area contributed by atoms with Crippen LogP contribution in [0.2, 0.25) is 0 Å². The van der Waals surface area contributed by atoms with Crippen LogP contribution in [0.3, 0.4) is 0 Å². The van der Waals surface area contributed by atoms with E-state index in [1.54, 1.807) is 7.11 Å². The van der Waals surface area contributed by atoms with Gasteiger partial charge in [0.05, 0.1) is 13.0 Å². The number of carbonyl (C=O) groups excluding carboxylic acids is 1. The highest BCUT2D eigenvalue weighted by Gasteiger charge is 2.40. The van der Waals surface area contributed by atoms with Crippen LogP contribution in [0, 0.1) is 19.8 Å². The first kappa shape index (κ1) is 23.6. The van der Waals surface area contributed by atoms with Crippen molar-refractivity contribution in [1.29, 1.82) is 0 Å². The average Bonchev–Trinajstić information content (AvgIpc) is 3.75. The summed E-state index contributed by atoms with van der Waals surface area (Å²) < 4.78 is 5.69. The first-order valence-corrected chi connectivity index (χ1v) is 12.9. The molecule has 3 aromatic carbocycles. The maximum atomic E-state index is 14.1. The molecule has 2 aliphatic rings. The number of hydrogen-bond acceptors (Lipinski definition) is 3. The molecule has 182 valence electrons. The van der Waals surface area contributed by atoms with E-state index in [4.69, 9.17) is 4.74 Å². The van der Waals surface area contributed by atoms with E-state index in [1.165, 1.54) is 27.8 Å². The number of piperidine rings is 1. The van der Waals surface area contributed by atoms with Crippen LogP contribution in [0.1, 0.15) is 47.4 Å². The van der Waals surface area contributed by atoms with Crippen molar-refractivity contribution in [1.82, 2.24) is 10.2 Å². The van der Waals surface area contributed by atoms with Crippen LogP contribution in [-0.4, -0.2) is 37.0 Å². The Morgan fingerprint density at radius 1 is 0.971 bits per heavy atom. The molecule has 1 aliphatic heterocycles. The number of rotatable bonds is 7. The molecule has 1 aliphatic carbocycles. The van der Waals surface area contributed by atoms with E-state index >= 15 is 0 Å². The van der Waals surface area contributed by atoms with Crippen LogP contribution in [0.4, 0.5) is 0 Å². The second kappa shape index (κ2) is 10.2. The predicted molar refractivity (Wildman–Crippen MR) is 142 cm³/mol. The molecule has 5 rings (SSSR count). The summed E-state index contributed by atoms with van der Waals surface area (Å²) in [4.78, 5) is 16.3. The van der Waals surface area contributed by atoms with Gasteiger partial charge in [-0.15, -0.1) is 0 Å². The summed E-state index contributed by atoms with van der Waals surface area (Å²) in [6.45, 7) is 6.67. The van der Waals surface area contributed by atoms with Crippen LogP contribution in [0.15, 0.2) is 66.7 Å². The first-order chi connectivity index (χ1) is 17.0. The Morgan fingerprint density at radius 3 is 2.51 bits per heavy atom. The number of amides is 1. The van der Waals surface area contributed by atoms with Crippen LogP contribution in [-0.2, 0) is 11.3 Å². The minimum atomic E-state index is -0.0785. The average molecular weight is 469 g/mol. The maximum Gasteiger partial charge on any atom is 0.228 e. The molecule has 2 atom stereocenters. The second-order valence-electron chi connectivity index (χ2n) is 10.1. The molecule has 1 amide bonds. The SMILES string of the molecule is COc1cc(-c2ccccc2)cc([C@H]2CCNC[C@@H]2C(=O)N(Cc2cccc(C)c2C)C2CC2)c1. The highest BCUT2D eigenvalue weighted by molar-refractivity contribution is 5.81. The molecule has 1 saturated heterocycles. The van der Waals surface area contributed by atoms with Gasteiger partial charge in [0.2, 0.25) is 5.91 Å². The third-order valence-corrected chi connectivity index (χ3v) is 7.83. The van der Waals surface area contributed by atoms with Gasteiger partial charge < -0.3 is 15.0 Å². The lowest BCUT2D eigenvalue weighted by Crippen LogP contribution is -2.47. The molecule has 4 heteroatoms. The van der Waals surface area contributed by atoms with Crippen LogP contribution in [0.5, 0.6) is 5.75 Å². The molecule has 1 saturated carbocycles. The predicted octanol–water partition coefficient (Wildman–Crippen LogP) is 5.86. The number of aryl methyl sites for hydroxylation is 1. The van der Waals surface area contributed by atoms with E-state index in [-0.39, 0.29) is 17.7 Å². The van der Waals surface area contributed by atoms with Gasteiger partial charge in [-0.2, -0.15) is 0 Å². The number of nitrogens with zero attached hydrogens (tertiary/aromatic N) is 1. The molecular weight excluding hydrogens is 432 g/mol. The Kier molecular flexibility index (Phi) is 6.92. The smallest absolute Gasteiger partial charge is 0.228 e. The fraction of sp³-hybridized carbons (Fsp3) is 0.387. The monoisotopic (exact) mass is 468 g/mol. The molecule has 0 bridgehead atoms. The zero-order chi connectivity index (χ0) is 24.4. The minimum absolute atomic E-state index is 0.0785. The van der Waals surface area contributed by atoms with Crippen molar-refractivity contribution < 1.29 is 9.53 Å². The van der Waals surface area contributed by atoms with Gasteiger partial charge in [-0.1, -0.05) is 54.6 Å². The fourth-order valence-electron chi connectivity index (χ4n) is 5.42. The molecule has 35 heavy (non-hydrogen) atoms. The van der Waals surface area contributed by atoms with Crippen LogP contribution in [0.25, 0.3) is 11.1 Å². The second-order valence-corrected chi connectivity index (χ2v) is 10.1. The van der Waals surface area contributed by atoms with Gasteiger partial charge in [-0.3, -0.25) is 4.79 Å². The quantitative estimate of drug-likeness (QED) is 0.472. The van der Waals surface area contributed by atoms with Crippen molar-refractivity contribution in [3.05, 3.63) is 89.0 Å². The summed E-state index contributed by atoms with van der Waals surface area (Å²) in [5.41, 5.74) is 7.35. The number of hydrogen-bond donors (Lipinski definition) is 1. The van der Waals surface area contributed by atoms with E-state index in [1.807, 2.05) is 6.07 Å². The van der Waals surface area contributed by atoms with E-state index in [0.29, 0.717) is 12.6 Å². The number of carbonyl (C=O) groups is 1. The van der Waals surface area contributed by atoms with E-state index < -0.39 is 0 Å². The topological polar surface area (TPSA) is 41.6 Å². The summed E-state index contributed by atoms with van der Waals surface area (Å²) >= 11 is 0. The highest BCUT2D eigenvalue weighted by Crippen LogP contribution is 2.39. The van der Waals surface area contributed by atoms with Crippen molar-refractivity contribution in [2.75, 3.05) is 20.2 Å². The van der Waals surface area contributed by atoms with Gasteiger partial charge in [0.1, 0.15) is 5.75 Å². The molecule has 0 aromatic heterocycles. The van der Waals surface area contributed by atoms with Crippen LogP contribution < -0.4 is 10.1 Å². The molecule has 4 nitrogen and oxygen atoms in total. The zero-order valence-electron chi connectivity index (χ0n) is 21.1. The van der Waals surface area contributed by atoms with E-state index in [0.717, 1.165) is 43.7 Å². The molecule has 1 N–H and O–H groups in total. The van der Waals surface area contributed by atoms with Gasteiger partial charge in [0.25, 0.3) is 0 Å². The first-order valence-electron chi connectivity index (χ1n) is 12.9. The van der Waals surface area contributed by atoms with Crippen LogP contribution >= 0.6 is 0 Å². The van der Waals surface area contributed by atoms with E-state index in [2.05, 4.69) is 84.7 Å². The maximum absolute atomic E-state index is 14.1. The van der Waals surface area contributed by atoms with Crippen molar-refractivity contribution in [2.45, 2.75) is 51.6 Å². The third kappa shape index (κ3) is 5.13. The zero-order valence-corrected chi connectivity index (χ0v) is 21.1. The highest BCUT2D eigenvalue weighted by atomic mass is 16.5. The molecule has 3 aromatic rings. The Morgan fingerprint density at radius 2 is 1.77 bits per heavy atom. The lowest BCUT2D eigenvalue weighted by molar-refractivity contribution is -0.138. The molecule has 0 unspecified atom stereocenters. The third-order valence-electron chi connectivity index (χ3n) is 7.83. The summed E-state index contributed by atoms with van der Waals surface area (Å²) in [5, 5.41) is 3.51. The van der Waals surface area contributed by atoms with Gasteiger partial charge in [0.15, 0.2) is 0 Å². The number of ether oxygens (including phenoxy) is 1. The summed E-state index contributed by atoms with van der Waals surface area (Å²) in [6, 6.07) is 23.7. The minimum Gasteiger partial charge on any atom is -0.497 e.